The smallest absolute Gasteiger partial charge is 0.351 e. The quantitative estimate of drug-likeness (QED) is 0.843. The Labute approximate surface area is 140 Å². The first-order chi connectivity index (χ1) is 10.7. The summed E-state index contributed by atoms with van der Waals surface area (Å²) in [7, 11) is 0. The van der Waals surface area contributed by atoms with Crippen LogP contribution in [0.4, 0.5) is 18.9 Å². The Hall–Kier alpha value is -1.31. The number of alkyl halides is 3. The third-order valence-corrected chi connectivity index (χ3v) is 4.75. The minimum Gasteiger partial charge on any atom is -0.351 e. The van der Waals surface area contributed by atoms with E-state index >= 15 is 0 Å². The molecule has 0 saturated heterocycles. The summed E-state index contributed by atoms with van der Waals surface area (Å²) in [5.74, 6) is -3.51. The number of aromatic nitrogens is 1. The Kier molecular flexibility index (Phi) is 5.54. The molecular formula is C15H18BrF3N2O2. The highest BCUT2D eigenvalue weighted by Gasteiger charge is 2.48. The molecule has 0 bridgehead atoms. The van der Waals surface area contributed by atoms with Crippen molar-refractivity contribution in [2.75, 3.05) is 5.32 Å². The standard InChI is InChI=1S/C15H18BrF3N2O2/c1-2-21-7-11(16)13(22)12(8-21)20-14(23)9-5-3-4-6-10(9)15(17,18)19/h7-10H,2-6H2,1H3,(H,20,23)/t9-,10-/m1/s1. The average molecular weight is 395 g/mol. The monoisotopic (exact) mass is 394 g/mol. The van der Waals surface area contributed by atoms with Crippen molar-refractivity contribution in [2.24, 2.45) is 11.8 Å². The number of rotatable bonds is 3. The van der Waals surface area contributed by atoms with Gasteiger partial charge >= 0.3 is 6.18 Å². The van der Waals surface area contributed by atoms with E-state index < -0.39 is 29.3 Å². The normalized spacial score (nSPS) is 22.0. The highest BCUT2D eigenvalue weighted by Crippen LogP contribution is 2.41. The van der Waals surface area contributed by atoms with Crippen molar-refractivity contribution >= 4 is 27.5 Å². The van der Waals surface area contributed by atoms with E-state index in [2.05, 4.69) is 21.2 Å². The molecule has 1 heterocycles. The first-order valence-electron chi connectivity index (χ1n) is 7.51. The lowest BCUT2D eigenvalue weighted by Crippen LogP contribution is -2.40. The molecule has 1 aliphatic rings. The predicted molar refractivity (Wildman–Crippen MR) is 84.2 cm³/mol. The maximum atomic E-state index is 13.1. The summed E-state index contributed by atoms with van der Waals surface area (Å²) >= 11 is 3.10. The van der Waals surface area contributed by atoms with Gasteiger partial charge in [0.25, 0.3) is 0 Å². The van der Waals surface area contributed by atoms with E-state index in [0.717, 1.165) is 0 Å². The minimum absolute atomic E-state index is 0.00211. The second kappa shape index (κ2) is 7.07. The van der Waals surface area contributed by atoms with E-state index in [0.29, 0.717) is 19.4 Å². The van der Waals surface area contributed by atoms with E-state index in [-0.39, 0.29) is 23.0 Å². The van der Waals surface area contributed by atoms with Gasteiger partial charge in [-0.3, -0.25) is 9.59 Å². The molecule has 2 rings (SSSR count). The van der Waals surface area contributed by atoms with E-state index in [1.54, 1.807) is 10.8 Å². The van der Waals surface area contributed by atoms with Gasteiger partial charge in [0.2, 0.25) is 11.3 Å². The molecule has 23 heavy (non-hydrogen) atoms. The SMILES string of the molecule is CCn1cc(Br)c(=O)c(NC(=O)[C@@H]2CCCC[C@H]2C(F)(F)F)c1. The summed E-state index contributed by atoms with van der Waals surface area (Å²) in [6, 6.07) is 0. The van der Waals surface area contributed by atoms with Crippen LogP contribution in [0, 0.1) is 11.8 Å². The summed E-state index contributed by atoms with van der Waals surface area (Å²) in [6.07, 6.45) is -0.197. The zero-order chi connectivity index (χ0) is 17.2. The molecule has 1 aromatic heterocycles. The fraction of sp³-hybridized carbons (Fsp3) is 0.600. The molecule has 1 aliphatic carbocycles. The van der Waals surface area contributed by atoms with Gasteiger partial charge in [0, 0.05) is 24.9 Å². The highest BCUT2D eigenvalue weighted by atomic mass is 79.9. The molecule has 1 saturated carbocycles. The molecule has 1 amide bonds. The summed E-state index contributed by atoms with van der Waals surface area (Å²) in [4.78, 5) is 24.3. The molecule has 0 spiro atoms. The first kappa shape index (κ1) is 18.0. The van der Waals surface area contributed by atoms with Crippen molar-refractivity contribution in [3.63, 3.8) is 0 Å². The van der Waals surface area contributed by atoms with Crippen molar-refractivity contribution in [1.82, 2.24) is 4.57 Å². The molecule has 0 unspecified atom stereocenters. The molecular weight excluding hydrogens is 377 g/mol. The number of anilines is 1. The Bertz CT molecular complexity index is 643. The van der Waals surface area contributed by atoms with Crippen LogP contribution in [0.15, 0.2) is 21.7 Å². The molecule has 1 aromatic rings. The van der Waals surface area contributed by atoms with Gasteiger partial charge in [0.1, 0.15) is 5.69 Å². The zero-order valence-corrected chi connectivity index (χ0v) is 14.2. The van der Waals surface area contributed by atoms with Crippen LogP contribution in [0.3, 0.4) is 0 Å². The Morgan fingerprint density at radius 2 is 2.00 bits per heavy atom. The van der Waals surface area contributed by atoms with E-state index in [1.807, 2.05) is 6.92 Å². The van der Waals surface area contributed by atoms with Crippen LogP contribution < -0.4 is 10.7 Å². The molecule has 0 radical (unpaired) electrons. The lowest BCUT2D eigenvalue weighted by molar-refractivity contribution is -0.197. The van der Waals surface area contributed by atoms with Crippen LogP contribution in [0.5, 0.6) is 0 Å². The van der Waals surface area contributed by atoms with Crippen LogP contribution in [-0.4, -0.2) is 16.7 Å². The number of nitrogens with one attached hydrogen (secondary N) is 1. The first-order valence-corrected chi connectivity index (χ1v) is 8.30. The fourth-order valence-corrected chi connectivity index (χ4v) is 3.40. The van der Waals surface area contributed by atoms with Gasteiger partial charge in [-0.2, -0.15) is 13.2 Å². The van der Waals surface area contributed by atoms with E-state index in [1.165, 1.54) is 6.20 Å². The van der Waals surface area contributed by atoms with Crippen LogP contribution in [0.25, 0.3) is 0 Å². The Morgan fingerprint density at radius 3 is 2.61 bits per heavy atom. The Morgan fingerprint density at radius 1 is 1.35 bits per heavy atom. The molecule has 4 nitrogen and oxygen atoms in total. The number of halogens is 4. The maximum Gasteiger partial charge on any atom is 0.392 e. The summed E-state index contributed by atoms with van der Waals surface area (Å²) in [5.41, 5.74) is -0.444. The lowest BCUT2D eigenvalue weighted by Gasteiger charge is -2.31. The van der Waals surface area contributed by atoms with Crippen LogP contribution in [0.1, 0.15) is 32.6 Å². The van der Waals surface area contributed by atoms with Crippen molar-refractivity contribution in [3.05, 3.63) is 27.1 Å². The molecule has 1 N–H and O–H groups in total. The number of amides is 1. The largest absolute Gasteiger partial charge is 0.392 e. The van der Waals surface area contributed by atoms with Gasteiger partial charge in [0.15, 0.2) is 0 Å². The highest BCUT2D eigenvalue weighted by molar-refractivity contribution is 9.10. The topological polar surface area (TPSA) is 51.1 Å². The van der Waals surface area contributed by atoms with E-state index in [9.17, 15) is 22.8 Å². The van der Waals surface area contributed by atoms with Crippen LogP contribution in [0.2, 0.25) is 0 Å². The van der Waals surface area contributed by atoms with Crippen LogP contribution >= 0.6 is 15.9 Å². The number of carbonyl (C=O) groups is 1. The zero-order valence-electron chi connectivity index (χ0n) is 12.6. The number of nitrogens with zero attached hydrogens (tertiary/aromatic N) is 1. The number of pyridine rings is 1. The third-order valence-electron chi connectivity index (χ3n) is 4.18. The average Bonchev–Trinajstić information content (AvgIpc) is 2.50. The predicted octanol–water partition coefficient (Wildman–Crippen LogP) is 3.94. The third kappa shape index (κ3) is 4.16. The van der Waals surface area contributed by atoms with E-state index in [4.69, 9.17) is 0 Å². The van der Waals surface area contributed by atoms with Gasteiger partial charge in [0.05, 0.1) is 10.4 Å². The van der Waals surface area contributed by atoms with Crippen molar-refractivity contribution in [3.8, 4) is 0 Å². The molecule has 0 aliphatic heterocycles. The maximum absolute atomic E-state index is 13.1. The summed E-state index contributed by atoms with van der Waals surface area (Å²) < 4.78 is 41.2. The summed E-state index contributed by atoms with van der Waals surface area (Å²) in [5, 5.41) is 2.40. The lowest BCUT2D eigenvalue weighted by atomic mass is 9.78. The second-order valence-electron chi connectivity index (χ2n) is 5.71. The van der Waals surface area contributed by atoms with Gasteiger partial charge < -0.3 is 9.88 Å². The fourth-order valence-electron chi connectivity index (χ4n) is 2.93. The molecule has 2 atom stereocenters. The van der Waals surface area contributed by atoms with Crippen molar-refractivity contribution in [2.45, 2.75) is 45.3 Å². The number of aryl methyl sites for hydroxylation is 1. The van der Waals surface area contributed by atoms with Gasteiger partial charge in [-0.05, 0) is 35.7 Å². The minimum atomic E-state index is -4.40. The number of hydrogen-bond donors (Lipinski definition) is 1. The second-order valence-corrected chi connectivity index (χ2v) is 6.56. The van der Waals surface area contributed by atoms with Gasteiger partial charge in [-0.15, -0.1) is 0 Å². The van der Waals surface area contributed by atoms with Crippen molar-refractivity contribution < 1.29 is 18.0 Å². The summed E-state index contributed by atoms with van der Waals surface area (Å²) in [6.45, 7) is 2.42. The molecule has 8 heteroatoms. The van der Waals surface area contributed by atoms with Crippen molar-refractivity contribution in [1.29, 1.82) is 0 Å². The number of carbonyl (C=O) groups excluding carboxylic acids is 1. The molecule has 0 aromatic carbocycles. The van der Waals surface area contributed by atoms with Gasteiger partial charge in [-0.25, -0.2) is 0 Å². The number of hydrogen-bond acceptors (Lipinski definition) is 2. The molecule has 128 valence electrons. The van der Waals surface area contributed by atoms with Crippen LogP contribution in [-0.2, 0) is 11.3 Å². The van der Waals surface area contributed by atoms with Gasteiger partial charge in [-0.1, -0.05) is 12.8 Å². The molecule has 1 fully saturated rings. The Balaban J connectivity index is 2.24.